The highest BCUT2D eigenvalue weighted by Gasteiger charge is 2.44. The molecular weight excluding hydrogens is 319 g/mol. The Morgan fingerprint density at radius 1 is 1.18 bits per heavy atom. The minimum Gasteiger partial charge on any atom is -0.354 e. The van der Waals surface area contributed by atoms with Crippen LogP contribution in [0.5, 0.6) is 0 Å². The van der Waals surface area contributed by atoms with Gasteiger partial charge >= 0.3 is 6.18 Å². The third kappa shape index (κ3) is 5.59. The molecule has 1 amide bonds. The number of amides is 1. The molecule has 2 fully saturated rings. The van der Waals surface area contributed by atoms with Gasteiger partial charge in [-0.1, -0.05) is 19.3 Å². The molecule has 130 valence electrons. The molecule has 1 atom stereocenters. The second-order valence-electron chi connectivity index (χ2n) is 5.92. The molecule has 0 bridgehead atoms. The fourth-order valence-corrected chi connectivity index (χ4v) is 3.15. The van der Waals surface area contributed by atoms with E-state index in [0.29, 0.717) is 26.2 Å². The van der Waals surface area contributed by atoms with Crippen molar-refractivity contribution in [2.45, 2.75) is 44.3 Å². The van der Waals surface area contributed by atoms with Gasteiger partial charge in [-0.15, -0.1) is 12.4 Å². The van der Waals surface area contributed by atoms with E-state index >= 15 is 0 Å². The lowest BCUT2D eigenvalue weighted by Crippen LogP contribution is -2.57. The quantitative estimate of drug-likeness (QED) is 0.820. The Hall–Kier alpha value is -0.530. The zero-order chi connectivity index (χ0) is 15.3. The highest BCUT2D eigenvalue weighted by Crippen LogP contribution is 2.26. The van der Waals surface area contributed by atoms with Crippen molar-refractivity contribution < 1.29 is 18.0 Å². The summed E-state index contributed by atoms with van der Waals surface area (Å²) in [4.78, 5) is 13.4. The largest absolute Gasteiger partial charge is 0.405 e. The maximum atomic E-state index is 13.2. The minimum absolute atomic E-state index is 0. The van der Waals surface area contributed by atoms with E-state index in [0.717, 1.165) is 32.1 Å². The molecular formula is C14H25ClF3N3O. The second kappa shape index (κ2) is 8.93. The first kappa shape index (κ1) is 19.5. The lowest BCUT2D eigenvalue weighted by molar-refractivity contribution is -0.184. The van der Waals surface area contributed by atoms with E-state index < -0.39 is 12.2 Å². The SMILES string of the molecule is Cl.O=C(NCC(N1CCNCC1)C(F)(F)F)C1CCCCC1. The van der Waals surface area contributed by atoms with Crippen LogP contribution in [0.4, 0.5) is 13.2 Å². The Labute approximate surface area is 135 Å². The first-order valence-electron chi connectivity index (χ1n) is 7.77. The molecule has 0 spiro atoms. The first-order chi connectivity index (χ1) is 9.98. The monoisotopic (exact) mass is 343 g/mol. The van der Waals surface area contributed by atoms with E-state index in [2.05, 4.69) is 10.6 Å². The molecule has 1 saturated carbocycles. The van der Waals surface area contributed by atoms with Gasteiger partial charge in [0, 0.05) is 38.6 Å². The summed E-state index contributed by atoms with van der Waals surface area (Å²) >= 11 is 0. The van der Waals surface area contributed by atoms with Gasteiger partial charge in [0.1, 0.15) is 6.04 Å². The zero-order valence-corrected chi connectivity index (χ0v) is 13.4. The van der Waals surface area contributed by atoms with Crippen LogP contribution in [-0.4, -0.2) is 55.7 Å². The number of halogens is 4. The van der Waals surface area contributed by atoms with Crippen molar-refractivity contribution >= 4 is 18.3 Å². The van der Waals surface area contributed by atoms with Gasteiger partial charge in [-0.25, -0.2) is 0 Å². The van der Waals surface area contributed by atoms with Crippen molar-refractivity contribution in [3.63, 3.8) is 0 Å². The predicted octanol–water partition coefficient (Wildman–Crippen LogP) is 1.94. The van der Waals surface area contributed by atoms with E-state index in [4.69, 9.17) is 0 Å². The summed E-state index contributed by atoms with van der Waals surface area (Å²) in [7, 11) is 0. The molecule has 1 unspecified atom stereocenters. The molecule has 2 N–H and O–H groups in total. The number of hydrogen-bond acceptors (Lipinski definition) is 3. The van der Waals surface area contributed by atoms with Crippen LogP contribution in [0.3, 0.4) is 0 Å². The van der Waals surface area contributed by atoms with Crippen molar-refractivity contribution in [3.8, 4) is 0 Å². The molecule has 0 aromatic rings. The zero-order valence-electron chi connectivity index (χ0n) is 12.6. The third-order valence-electron chi connectivity index (χ3n) is 4.42. The maximum absolute atomic E-state index is 13.2. The summed E-state index contributed by atoms with van der Waals surface area (Å²) in [6.07, 6.45) is 0.413. The van der Waals surface area contributed by atoms with Gasteiger partial charge in [-0.05, 0) is 12.8 Å². The normalized spacial score (nSPS) is 22.7. The van der Waals surface area contributed by atoms with Crippen molar-refractivity contribution in [3.05, 3.63) is 0 Å². The molecule has 8 heteroatoms. The van der Waals surface area contributed by atoms with E-state index in [-0.39, 0.29) is 30.8 Å². The van der Waals surface area contributed by atoms with Gasteiger partial charge in [0.05, 0.1) is 0 Å². The minimum atomic E-state index is -4.31. The third-order valence-corrected chi connectivity index (χ3v) is 4.42. The fourth-order valence-electron chi connectivity index (χ4n) is 3.15. The molecule has 1 saturated heterocycles. The van der Waals surface area contributed by atoms with Gasteiger partial charge in [-0.2, -0.15) is 13.2 Å². The van der Waals surface area contributed by atoms with Crippen molar-refractivity contribution in [2.24, 2.45) is 5.92 Å². The standard InChI is InChI=1S/C14H24F3N3O.ClH/c15-14(16,17)12(20-8-6-18-7-9-20)10-19-13(21)11-4-2-1-3-5-11;/h11-12,18H,1-10H2,(H,19,21);1H. The lowest BCUT2D eigenvalue weighted by Gasteiger charge is -2.36. The van der Waals surface area contributed by atoms with Gasteiger partial charge in [0.2, 0.25) is 5.91 Å². The molecule has 2 rings (SSSR count). The molecule has 1 heterocycles. The smallest absolute Gasteiger partial charge is 0.354 e. The maximum Gasteiger partial charge on any atom is 0.405 e. The van der Waals surface area contributed by atoms with E-state index in [1.807, 2.05) is 0 Å². The molecule has 1 aliphatic heterocycles. The van der Waals surface area contributed by atoms with Gasteiger partial charge < -0.3 is 10.6 Å². The van der Waals surface area contributed by atoms with Crippen LogP contribution in [0.15, 0.2) is 0 Å². The Morgan fingerprint density at radius 3 is 2.32 bits per heavy atom. The Kier molecular flexibility index (Phi) is 7.93. The van der Waals surface area contributed by atoms with E-state index in [1.165, 1.54) is 4.90 Å². The van der Waals surface area contributed by atoms with Crippen molar-refractivity contribution in [2.75, 3.05) is 32.7 Å². The fraction of sp³-hybridized carbons (Fsp3) is 0.929. The molecule has 0 aromatic heterocycles. The van der Waals surface area contributed by atoms with Crippen LogP contribution in [0.2, 0.25) is 0 Å². The molecule has 2 aliphatic rings. The van der Waals surface area contributed by atoms with Crippen LogP contribution >= 0.6 is 12.4 Å². The Bertz CT molecular complexity index is 343. The van der Waals surface area contributed by atoms with Crippen LogP contribution in [-0.2, 0) is 4.79 Å². The number of rotatable bonds is 4. The van der Waals surface area contributed by atoms with E-state index in [1.54, 1.807) is 0 Å². The number of hydrogen-bond donors (Lipinski definition) is 2. The average molecular weight is 344 g/mol. The second-order valence-corrected chi connectivity index (χ2v) is 5.92. The van der Waals surface area contributed by atoms with Crippen LogP contribution in [0, 0.1) is 5.92 Å². The van der Waals surface area contributed by atoms with Gasteiger partial charge in [0.15, 0.2) is 0 Å². The van der Waals surface area contributed by atoms with Gasteiger partial charge in [-0.3, -0.25) is 9.69 Å². The summed E-state index contributed by atoms with van der Waals surface area (Å²) in [5.41, 5.74) is 0. The number of carbonyl (C=O) groups is 1. The van der Waals surface area contributed by atoms with E-state index in [9.17, 15) is 18.0 Å². The highest BCUT2D eigenvalue weighted by molar-refractivity contribution is 5.85. The van der Waals surface area contributed by atoms with Crippen LogP contribution in [0.1, 0.15) is 32.1 Å². The number of piperazine rings is 1. The summed E-state index contributed by atoms with van der Waals surface area (Å²) in [5, 5.41) is 5.58. The van der Waals surface area contributed by atoms with Crippen LogP contribution < -0.4 is 10.6 Å². The average Bonchev–Trinajstić information content (AvgIpc) is 2.48. The summed E-state index contributed by atoms with van der Waals surface area (Å²) in [5.74, 6) is -0.310. The molecule has 22 heavy (non-hydrogen) atoms. The van der Waals surface area contributed by atoms with Crippen LogP contribution in [0.25, 0.3) is 0 Å². The van der Waals surface area contributed by atoms with Crippen molar-refractivity contribution in [1.29, 1.82) is 0 Å². The number of nitrogens with one attached hydrogen (secondary N) is 2. The highest BCUT2D eigenvalue weighted by atomic mass is 35.5. The summed E-state index contributed by atoms with van der Waals surface area (Å²) < 4.78 is 39.6. The number of alkyl halides is 3. The lowest BCUT2D eigenvalue weighted by atomic mass is 9.88. The Morgan fingerprint density at radius 2 is 1.77 bits per heavy atom. The summed E-state index contributed by atoms with van der Waals surface area (Å²) in [6.45, 7) is 1.51. The Balaban J connectivity index is 0.00000242. The molecule has 1 aliphatic carbocycles. The topological polar surface area (TPSA) is 44.4 Å². The van der Waals surface area contributed by atoms with Crippen molar-refractivity contribution in [1.82, 2.24) is 15.5 Å². The molecule has 0 radical (unpaired) electrons. The first-order valence-corrected chi connectivity index (χ1v) is 7.77. The summed E-state index contributed by atoms with van der Waals surface area (Å²) in [6, 6.07) is -1.58. The molecule has 0 aromatic carbocycles. The predicted molar refractivity (Wildman–Crippen MR) is 81.1 cm³/mol. The van der Waals surface area contributed by atoms with Gasteiger partial charge in [0.25, 0.3) is 0 Å². The number of nitrogens with zero attached hydrogens (tertiary/aromatic N) is 1. The molecule has 4 nitrogen and oxygen atoms in total. The number of carbonyl (C=O) groups excluding carboxylic acids is 1.